The molecule has 1 aromatic heterocycles. The summed E-state index contributed by atoms with van der Waals surface area (Å²) >= 11 is 1.48. The zero-order chi connectivity index (χ0) is 10.7. The Kier molecular flexibility index (Phi) is 3.63. The van der Waals surface area contributed by atoms with E-state index in [4.69, 9.17) is 0 Å². The van der Waals surface area contributed by atoms with Crippen LogP contribution in [0.4, 0.5) is 0 Å². The monoisotopic (exact) mass is 212 g/mol. The molecule has 0 radical (unpaired) electrons. The third kappa shape index (κ3) is 2.12. The second-order valence-electron chi connectivity index (χ2n) is 3.14. The molecular weight excluding hydrogens is 196 g/mol. The molecule has 1 rings (SSSR count). The molecule has 4 heteroatoms. The summed E-state index contributed by atoms with van der Waals surface area (Å²) < 4.78 is 0. The summed E-state index contributed by atoms with van der Waals surface area (Å²) in [5, 5.41) is 0.615. The Labute approximate surface area is 88.8 Å². The smallest absolute Gasteiger partial charge is 0.282 e. The molecule has 0 N–H and O–H groups in total. The largest absolute Gasteiger partial charge is 0.337 e. The van der Waals surface area contributed by atoms with Crippen LogP contribution in [0.15, 0.2) is 0 Å². The zero-order valence-corrected chi connectivity index (χ0v) is 9.94. The van der Waals surface area contributed by atoms with Crippen LogP contribution in [0.5, 0.6) is 0 Å². The van der Waals surface area contributed by atoms with Crippen LogP contribution in [-0.4, -0.2) is 28.9 Å². The number of hydrogen-bond acceptors (Lipinski definition) is 3. The maximum Gasteiger partial charge on any atom is 0.282 e. The SMILES string of the molecule is CCN(CC)C(=O)c1nc(C)c(C)s1. The van der Waals surface area contributed by atoms with Gasteiger partial charge in [0.2, 0.25) is 0 Å². The van der Waals surface area contributed by atoms with E-state index in [2.05, 4.69) is 4.98 Å². The number of aryl methyl sites for hydroxylation is 2. The molecular formula is C10H16N2OS. The lowest BCUT2D eigenvalue weighted by atomic mass is 10.4. The number of aromatic nitrogens is 1. The number of thiazole rings is 1. The van der Waals surface area contributed by atoms with Gasteiger partial charge in [-0.25, -0.2) is 4.98 Å². The van der Waals surface area contributed by atoms with Gasteiger partial charge >= 0.3 is 0 Å². The van der Waals surface area contributed by atoms with Gasteiger partial charge in [0, 0.05) is 18.0 Å². The number of hydrogen-bond donors (Lipinski definition) is 0. The van der Waals surface area contributed by atoms with Crippen LogP contribution < -0.4 is 0 Å². The number of rotatable bonds is 3. The normalized spacial score (nSPS) is 10.3. The molecule has 1 heterocycles. The Hall–Kier alpha value is -0.900. The predicted octanol–water partition coefficient (Wildman–Crippen LogP) is 2.24. The maximum atomic E-state index is 11.8. The number of carbonyl (C=O) groups excluding carboxylic acids is 1. The first kappa shape index (κ1) is 11.2. The second-order valence-corrected chi connectivity index (χ2v) is 4.34. The van der Waals surface area contributed by atoms with Crippen LogP contribution in [0.25, 0.3) is 0 Å². The topological polar surface area (TPSA) is 33.2 Å². The molecule has 0 unspecified atom stereocenters. The van der Waals surface area contributed by atoms with Crippen molar-refractivity contribution in [2.24, 2.45) is 0 Å². The fourth-order valence-corrected chi connectivity index (χ4v) is 2.09. The van der Waals surface area contributed by atoms with Crippen molar-refractivity contribution >= 4 is 17.2 Å². The average molecular weight is 212 g/mol. The predicted molar refractivity (Wildman–Crippen MR) is 58.8 cm³/mol. The molecule has 14 heavy (non-hydrogen) atoms. The van der Waals surface area contributed by atoms with Gasteiger partial charge in [-0.3, -0.25) is 4.79 Å². The van der Waals surface area contributed by atoms with E-state index in [1.165, 1.54) is 11.3 Å². The van der Waals surface area contributed by atoms with Crippen molar-refractivity contribution in [1.29, 1.82) is 0 Å². The first-order valence-corrected chi connectivity index (χ1v) is 5.65. The standard InChI is InChI=1S/C10H16N2OS/c1-5-12(6-2)10(13)9-11-7(3)8(4)14-9/h5-6H2,1-4H3. The molecule has 1 amide bonds. The maximum absolute atomic E-state index is 11.8. The van der Waals surface area contributed by atoms with E-state index in [-0.39, 0.29) is 5.91 Å². The van der Waals surface area contributed by atoms with E-state index < -0.39 is 0 Å². The van der Waals surface area contributed by atoms with Gasteiger partial charge in [0.05, 0.1) is 5.69 Å². The lowest BCUT2D eigenvalue weighted by molar-refractivity contribution is 0.0772. The molecule has 0 aliphatic heterocycles. The van der Waals surface area contributed by atoms with Crippen LogP contribution in [0.1, 0.15) is 34.2 Å². The van der Waals surface area contributed by atoms with Crippen molar-refractivity contribution in [3.05, 3.63) is 15.6 Å². The molecule has 0 aromatic carbocycles. The Balaban J connectivity index is 2.88. The minimum Gasteiger partial charge on any atom is -0.337 e. The molecule has 0 aliphatic rings. The zero-order valence-electron chi connectivity index (χ0n) is 9.13. The minimum atomic E-state index is 0.0520. The third-order valence-electron chi connectivity index (χ3n) is 2.26. The lowest BCUT2D eigenvalue weighted by Gasteiger charge is -2.16. The lowest BCUT2D eigenvalue weighted by Crippen LogP contribution is -2.30. The highest BCUT2D eigenvalue weighted by molar-refractivity contribution is 7.13. The van der Waals surface area contributed by atoms with Crippen molar-refractivity contribution in [2.75, 3.05) is 13.1 Å². The molecule has 0 aliphatic carbocycles. The summed E-state index contributed by atoms with van der Waals surface area (Å²) in [6.07, 6.45) is 0. The molecule has 0 fully saturated rings. The number of carbonyl (C=O) groups is 1. The first-order valence-electron chi connectivity index (χ1n) is 4.83. The Morgan fingerprint density at radius 1 is 1.36 bits per heavy atom. The van der Waals surface area contributed by atoms with E-state index in [1.807, 2.05) is 27.7 Å². The van der Waals surface area contributed by atoms with E-state index in [0.717, 1.165) is 23.7 Å². The minimum absolute atomic E-state index is 0.0520. The van der Waals surface area contributed by atoms with E-state index in [1.54, 1.807) is 4.90 Å². The van der Waals surface area contributed by atoms with Gasteiger partial charge in [-0.2, -0.15) is 0 Å². The number of amides is 1. The van der Waals surface area contributed by atoms with Crippen molar-refractivity contribution in [1.82, 2.24) is 9.88 Å². The molecule has 0 spiro atoms. The molecule has 0 bridgehead atoms. The Morgan fingerprint density at radius 3 is 2.29 bits per heavy atom. The van der Waals surface area contributed by atoms with E-state index in [9.17, 15) is 4.79 Å². The van der Waals surface area contributed by atoms with Gasteiger partial charge in [0.1, 0.15) is 0 Å². The molecule has 78 valence electrons. The fraction of sp³-hybridized carbons (Fsp3) is 0.600. The molecule has 3 nitrogen and oxygen atoms in total. The Bertz CT molecular complexity index is 309. The average Bonchev–Trinajstić information content (AvgIpc) is 2.49. The molecule has 0 saturated carbocycles. The van der Waals surface area contributed by atoms with Crippen molar-refractivity contribution in [3.63, 3.8) is 0 Å². The molecule has 0 saturated heterocycles. The highest BCUT2D eigenvalue weighted by atomic mass is 32.1. The van der Waals surface area contributed by atoms with Crippen LogP contribution in [0.3, 0.4) is 0 Å². The first-order chi connectivity index (χ1) is 6.60. The van der Waals surface area contributed by atoms with Crippen LogP contribution in [0.2, 0.25) is 0 Å². The van der Waals surface area contributed by atoms with E-state index >= 15 is 0 Å². The third-order valence-corrected chi connectivity index (χ3v) is 3.32. The molecule has 0 atom stereocenters. The van der Waals surface area contributed by atoms with Crippen LogP contribution >= 0.6 is 11.3 Å². The summed E-state index contributed by atoms with van der Waals surface area (Å²) in [5.74, 6) is 0.0520. The quantitative estimate of drug-likeness (QED) is 0.770. The number of nitrogens with zero attached hydrogens (tertiary/aromatic N) is 2. The van der Waals surface area contributed by atoms with E-state index in [0.29, 0.717) is 5.01 Å². The molecule has 1 aromatic rings. The summed E-state index contributed by atoms with van der Waals surface area (Å²) in [5.41, 5.74) is 0.963. The van der Waals surface area contributed by atoms with Gasteiger partial charge in [-0.15, -0.1) is 11.3 Å². The van der Waals surface area contributed by atoms with Crippen molar-refractivity contribution < 1.29 is 4.79 Å². The van der Waals surface area contributed by atoms with Crippen LogP contribution in [0, 0.1) is 13.8 Å². The van der Waals surface area contributed by atoms with Gasteiger partial charge in [-0.05, 0) is 27.7 Å². The highest BCUT2D eigenvalue weighted by Crippen LogP contribution is 2.17. The van der Waals surface area contributed by atoms with Gasteiger partial charge in [0.15, 0.2) is 5.01 Å². The summed E-state index contributed by atoms with van der Waals surface area (Å²) in [7, 11) is 0. The highest BCUT2D eigenvalue weighted by Gasteiger charge is 2.16. The second kappa shape index (κ2) is 4.55. The van der Waals surface area contributed by atoms with Gasteiger partial charge < -0.3 is 4.90 Å². The Morgan fingerprint density at radius 2 is 1.93 bits per heavy atom. The summed E-state index contributed by atoms with van der Waals surface area (Å²) in [6, 6.07) is 0. The fourth-order valence-electron chi connectivity index (χ4n) is 1.21. The summed E-state index contributed by atoms with van der Waals surface area (Å²) in [4.78, 5) is 19.0. The van der Waals surface area contributed by atoms with Gasteiger partial charge in [-0.1, -0.05) is 0 Å². The van der Waals surface area contributed by atoms with Gasteiger partial charge in [0.25, 0.3) is 5.91 Å². The summed E-state index contributed by atoms with van der Waals surface area (Å²) in [6.45, 7) is 9.38. The van der Waals surface area contributed by atoms with Crippen LogP contribution in [-0.2, 0) is 0 Å². The van der Waals surface area contributed by atoms with Crippen molar-refractivity contribution in [2.45, 2.75) is 27.7 Å². The van der Waals surface area contributed by atoms with Crippen molar-refractivity contribution in [3.8, 4) is 0 Å².